The highest BCUT2D eigenvalue weighted by Gasteiger charge is 2.16. The van der Waals surface area contributed by atoms with E-state index in [-0.39, 0.29) is 11.7 Å². The van der Waals surface area contributed by atoms with Gasteiger partial charge in [-0.1, -0.05) is 39.8 Å². The Balaban J connectivity index is 1.60. The van der Waals surface area contributed by atoms with Crippen LogP contribution in [0.2, 0.25) is 0 Å². The summed E-state index contributed by atoms with van der Waals surface area (Å²) >= 11 is 4.67. The zero-order valence-electron chi connectivity index (χ0n) is 15.5. The molecule has 0 aliphatic heterocycles. The van der Waals surface area contributed by atoms with Crippen molar-refractivity contribution in [1.82, 2.24) is 19.8 Å². The Bertz CT molecular complexity index is 944. The van der Waals surface area contributed by atoms with Gasteiger partial charge in [0.15, 0.2) is 5.82 Å². The molecule has 146 valence electrons. The summed E-state index contributed by atoms with van der Waals surface area (Å²) in [5.41, 5.74) is 1.88. The molecule has 9 heteroatoms. The first kappa shape index (κ1) is 20.2. The minimum atomic E-state index is -0.0121. The lowest BCUT2D eigenvalue weighted by Gasteiger charge is -2.17. The normalized spacial score (nSPS) is 10.7. The van der Waals surface area contributed by atoms with E-state index in [1.54, 1.807) is 19.1 Å². The summed E-state index contributed by atoms with van der Waals surface area (Å²) in [5, 5.41) is 8.72. The van der Waals surface area contributed by atoms with Crippen LogP contribution < -0.4 is 10.6 Å². The van der Waals surface area contributed by atoms with Gasteiger partial charge in [0.05, 0.1) is 12.9 Å². The summed E-state index contributed by atoms with van der Waals surface area (Å²) in [6, 6.07) is 15.3. The Kier molecular flexibility index (Phi) is 6.58. The molecule has 28 heavy (non-hydrogen) atoms. The third-order valence-electron chi connectivity index (χ3n) is 4.10. The number of nitrogen functional groups attached to an aromatic ring is 1. The van der Waals surface area contributed by atoms with E-state index in [4.69, 9.17) is 10.6 Å². The van der Waals surface area contributed by atoms with Crippen molar-refractivity contribution in [3.05, 3.63) is 58.6 Å². The van der Waals surface area contributed by atoms with Crippen molar-refractivity contribution >= 4 is 33.6 Å². The van der Waals surface area contributed by atoms with Crippen LogP contribution in [0.15, 0.2) is 58.2 Å². The number of thioether (sulfide) groups is 1. The monoisotopic (exact) mass is 461 g/mol. The lowest BCUT2D eigenvalue weighted by Crippen LogP contribution is -2.28. The average Bonchev–Trinajstić information content (AvgIpc) is 3.08. The first-order chi connectivity index (χ1) is 13.5. The third-order valence-corrected chi connectivity index (χ3v) is 5.55. The lowest BCUT2D eigenvalue weighted by molar-refractivity contribution is -0.127. The van der Waals surface area contributed by atoms with Crippen molar-refractivity contribution in [1.29, 1.82) is 0 Å². The van der Waals surface area contributed by atoms with E-state index in [9.17, 15) is 4.79 Å². The van der Waals surface area contributed by atoms with Crippen LogP contribution in [-0.2, 0) is 11.3 Å². The van der Waals surface area contributed by atoms with Crippen LogP contribution in [0.5, 0.6) is 5.75 Å². The minimum Gasteiger partial charge on any atom is -0.497 e. The van der Waals surface area contributed by atoms with E-state index in [0.29, 0.717) is 17.5 Å². The van der Waals surface area contributed by atoms with Crippen LogP contribution in [0.1, 0.15) is 5.56 Å². The predicted molar refractivity (Wildman–Crippen MR) is 114 cm³/mol. The average molecular weight is 462 g/mol. The van der Waals surface area contributed by atoms with Gasteiger partial charge in [-0.3, -0.25) is 4.79 Å². The molecule has 0 aliphatic rings. The number of halogens is 1. The van der Waals surface area contributed by atoms with Crippen LogP contribution in [0.3, 0.4) is 0 Å². The van der Waals surface area contributed by atoms with Crippen molar-refractivity contribution in [2.45, 2.75) is 11.7 Å². The van der Waals surface area contributed by atoms with Crippen molar-refractivity contribution in [2.75, 3.05) is 25.8 Å². The number of hydrogen-bond donors (Lipinski definition) is 1. The molecule has 0 fully saturated rings. The number of benzene rings is 2. The number of ether oxygens (including phenoxy) is 1. The Labute approximate surface area is 176 Å². The Morgan fingerprint density at radius 2 is 1.86 bits per heavy atom. The molecule has 0 aliphatic carbocycles. The van der Waals surface area contributed by atoms with Crippen LogP contribution in [0.4, 0.5) is 0 Å². The second kappa shape index (κ2) is 9.11. The summed E-state index contributed by atoms with van der Waals surface area (Å²) in [4.78, 5) is 14.1. The number of nitrogens with two attached hydrogens (primary N) is 1. The molecule has 3 aromatic rings. The topological polar surface area (TPSA) is 86.3 Å². The van der Waals surface area contributed by atoms with Crippen LogP contribution in [0.25, 0.3) is 11.4 Å². The number of amides is 1. The third kappa shape index (κ3) is 4.85. The van der Waals surface area contributed by atoms with Gasteiger partial charge in [0.2, 0.25) is 11.1 Å². The van der Waals surface area contributed by atoms with Crippen molar-refractivity contribution in [3.8, 4) is 17.1 Å². The highest BCUT2D eigenvalue weighted by molar-refractivity contribution is 9.10. The molecule has 0 saturated heterocycles. The van der Waals surface area contributed by atoms with Crippen LogP contribution >= 0.6 is 27.7 Å². The number of methoxy groups -OCH3 is 1. The second-order valence-electron chi connectivity index (χ2n) is 6.07. The summed E-state index contributed by atoms with van der Waals surface area (Å²) in [5.74, 6) is 7.61. The van der Waals surface area contributed by atoms with Gasteiger partial charge in [-0.2, -0.15) is 0 Å². The SMILES string of the molecule is COc1ccc(-c2nnc(SCC(=O)N(C)Cc3ccc(Br)cc3)n2N)cc1. The number of carbonyl (C=O) groups excluding carboxylic acids is 1. The Hall–Kier alpha value is -2.52. The number of aromatic nitrogens is 3. The molecule has 1 aromatic heterocycles. The van der Waals surface area contributed by atoms with Crippen molar-refractivity contribution in [3.63, 3.8) is 0 Å². The van der Waals surface area contributed by atoms with Crippen molar-refractivity contribution in [2.24, 2.45) is 0 Å². The number of carbonyl (C=O) groups is 1. The number of hydrogen-bond acceptors (Lipinski definition) is 6. The molecule has 1 amide bonds. The fraction of sp³-hybridized carbons (Fsp3) is 0.211. The maximum Gasteiger partial charge on any atom is 0.233 e. The Morgan fingerprint density at radius 3 is 2.50 bits per heavy atom. The molecule has 7 nitrogen and oxygen atoms in total. The maximum absolute atomic E-state index is 12.4. The highest BCUT2D eigenvalue weighted by atomic mass is 79.9. The van der Waals surface area contributed by atoms with Crippen molar-refractivity contribution < 1.29 is 9.53 Å². The smallest absolute Gasteiger partial charge is 0.233 e. The standard InChI is InChI=1S/C19H20BrN5O2S/c1-24(11-13-3-7-15(20)8-4-13)17(26)12-28-19-23-22-18(25(19)21)14-5-9-16(27-2)10-6-14/h3-10H,11-12,21H2,1-2H3. The van der Waals surface area contributed by atoms with E-state index in [1.807, 2.05) is 48.5 Å². The first-order valence-corrected chi connectivity index (χ1v) is 10.2. The van der Waals surface area contributed by atoms with Gasteiger partial charge in [0, 0.05) is 23.6 Å². The zero-order chi connectivity index (χ0) is 20.1. The molecule has 0 spiro atoms. The molecular formula is C19H20BrN5O2S. The lowest BCUT2D eigenvalue weighted by atomic mass is 10.2. The Morgan fingerprint density at radius 1 is 1.18 bits per heavy atom. The van der Waals surface area contributed by atoms with Gasteiger partial charge in [-0.15, -0.1) is 10.2 Å². The van der Waals surface area contributed by atoms with Crippen LogP contribution in [-0.4, -0.2) is 45.6 Å². The zero-order valence-corrected chi connectivity index (χ0v) is 17.9. The molecule has 0 atom stereocenters. The van der Waals surface area contributed by atoms with Crippen LogP contribution in [0, 0.1) is 0 Å². The summed E-state index contributed by atoms with van der Waals surface area (Å²) in [7, 11) is 3.39. The molecule has 0 saturated carbocycles. The van der Waals surface area contributed by atoms with E-state index in [1.165, 1.54) is 16.4 Å². The largest absolute Gasteiger partial charge is 0.497 e. The fourth-order valence-corrected chi connectivity index (χ4v) is 3.56. The summed E-state index contributed by atoms with van der Waals surface area (Å²) < 4.78 is 7.56. The van der Waals surface area contributed by atoms with E-state index in [0.717, 1.165) is 21.3 Å². The quantitative estimate of drug-likeness (QED) is 0.429. The molecule has 0 unspecified atom stereocenters. The van der Waals surface area contributed by atoms with Gasteiger partial charge in [0.25, 0.3) is 0 Å². The molecular weight excluding hydrogens is 442 g/mol. The van der Waals surface area contributed by atoms with Gasteiger partial charge >= 0.3 is 0 Å². The number of rotatable bonds is 7. The fourth-order valence-electron chi connectivity index (χ4n) is 2.50. The van der Waals surface area contributed by atoms with Gasteiger partial charge < -0.3 is 15.5 Å². The molecule has 0 bridgehead atoms. The first-order valence-electron chi connectivity index (χ1n) is 8.44. The van der Waals surface area contributed by atoms with Gasteiger partial charge in [-0.05, 0) is 42.0 Å². The maximum atomic E-state index is 12.4. The van der Waals surface area contributed by atoms with E-state index < -0.39 is 0 Å². The summed E-state index contributed by atoms with van der Waals surface area (Å²) in [6.45, 7) is 0.541. The van der Waals surface area contributed by atoms with Gasteiger partial charge in [-0.25, -0.2) is 4.68 Å². The summed E-state index contributed by atoms with van der Waals surface area (Å²) in [6.07, 6.45) is 0. The second-order valence-corrected chi connectivity index (χ2v) is 7.93. The molecule has 2 aromatic carbocycles. The number of nitrogens with zero attached hydrogens (tertiary/aromatic N) is 4. The molecule has 1 heterocycles. The predicted octanol–water partition coefficient (Wildman–Crippen LogP) is 3.18. The van der Waals surface area contributed by atoms with Gasteiger partial charge in [0.1, 0.15) is 5.75 Å². The molecule has 0 radical (unpaired) electrons. The highest BCUT2D eigenvalue weighted by Crippen LogP contribution is 2.23. The van der Waals surface area contributed by atoms with E-state index >= 15 is 0 Å². The molecule has 3 rings (SSSR count). The molecule has 2 N–H and O–H groups in total. The minimum absolute atomic E-state index is 0.0121. The van der Waals surface area contributed by atoms with E-state index in [2.05, 4.69) is 26.1 Å².